The van der Waals surface area contributed by atoms with Crippen LogP contribution in [-0.2, 0) is 13.1 Å². The molecule has 1 unspecified atom stereocenters. The summed E-state index contributed by atoms with van der Waals surface area (Å²) in [7, 11) is 0. The van der Waals surface area contributed by atoms with Gasteiger partial charge in [0.1, 0.15) is 0 Å². The van der Waals surface area contributed by atoms with Crippen molar-refractivity contribution in [3.63, 3.8) is 0 Å². The van der Waals surface area contributed by atoms with Gasteiger partial charge < -0.3 is 5.32 Å². The number of piperazine rings is 1. The van der Waals surface area contributed by atoms with Crippen molar-refractivity contribution >= 4 is 5.95 Å². The third kappa shape index (κ3) is 4.35. The highest BCUT2D eigenvalue weighted by atomic mass is 15.3. The van der Waals surface area contributed by atoms with Crippen LogP contribution in [-0.4, -0.2) is 51.5 Å². The maximum atomic E-state index is 4.48. The number of benzene rings is 1. The van der Waals surface area contributed by atoms with Crippen molar-refractivity contribution in [2.45, 2.75) is 44.9 Å². The van der Waals surface area contributed by atoms with Crippen LogP contribution in [0, 0.1) is 0 Å². The number of aromatic nitrogens is 2. The van der Waals surface area contributed by atoms with Gasteiger partial charge in [0.05, 0.1) is 0 Å². The average Bonchev–Trinajstić information content (AvgIpc) is 3.49. The van der Waals surface area contributed by atoms with Crippen molar-refractivity contribution in [2.24, 2.45) is 0 Å². The van der Waals surface area contributed by atoms with Gasteiger partial charge >= 0.3 is 0 Å². The molecule has 2 heterocycles. The topological polar surface area (TPSA) is 44.3 Å². The molecule has 2 aliphatic rings. The summed E-state index contributed by atoms with van der Waals surface area (Å²) in [5.41, 5.74) is 2.43. The lowest BCUT2D eigenvalue weighted by Gasteiger charge is -2.40. The third-order valence-corrected chi connectivity index (χ3v) is 5.24. The molecule has 4 rings (SSSR count). The van der Waals surface area contributed by atoms with E-state index in [1.54, 1.807) is 0 Å². The van der Waals surface area contributed by atoms with Crippen molar-refractivity contribution in [1.29, 1.82) is 0 Å². The largest absolute Gasteiger partial charge is 0.350 e. The van der Waals surface area contributed by atoms with Crippen LogP contribution in [0.2, 0.25) is 0 Å². The Labute approximate surface area is 150 Å². The highest BCUT2D eigenvalue weighted by Gasteiger charge is 2.33. The Hall–Kier alpha value is -1.98. The van der Waals surface area contributed by atoms with E-state index < -0.39 is 0 Å². The fourth-order valence-corrected chi connectivity index (χ4v) is 3.57. The molecular formula is C20H27N5. The monoisotopic (exact) mass is 337 g/mol. The highest BCUT2D eigenvalue weighted by Crippen LogP contribution is 2.29. The van der Waals surface area contributed by atoms with Gasteiger partial charge in [-0.1, -0.05) is 30.3 Å². The number of rotatable bonds is 6. The summed E-state index contributed by atoms with van der Waals surface area (Å²) in [6.07, 6.45) is 6.72. The van der Waals surface area contributed by atoms with E-state index in [-0.39, 0.29) is 0 Å². The number of anilines is 1. The Morgan fingerprint density at radius 2 is 1.80 bits per heavy atom. The average molecular weight is 337 g/mol. The molecule has 1 N–H and O–H groups in total. The van der Waals surface area contributed by atoms with Gasteiger partial charge in [0.25, 0.3) is 0 Å². The lowest BCUT2D eigenvalue weighted by Crippen LogP contribution is -2.51. The Morgan fingerprint density at radius 1 is 1.04 bits per heavy atom. The molecule has 5 nitrogen and oxygen atoms in total. The maximum absolute atomic E-state index is 4.48. The molecular weight excluding hydrogens is 310 g/mol. The van der Waals surface area contributed by atoms with Gasteiger partial charge in [-0.25, -0.2) is 9.97 Å². The summed E-state index contributed by atoms with van der Waals surface area (Å²) in [6, 6.07) is 11.8. The molecule has 2 aromatic rings. The van der Waals surface area contributed by atoms with E-state index in [1.807, 2.05) is 30.6 Å². The van der Waals surface area contributed by atoms with E-state index in [0.29, 0.717) is 12.0 Å². The zero-order chi connectivity index (χ0) is 17.1. The minimum absolute atomic E-state index is 0.602. The lowest BCUT2D eigenvalue weighted by atomic mass is 10.1. The number of nitrogens with one attached hydrogen (secondary N) is 1. The minimum atomic E-state index is 0.602. The fraction of sp³-hybridized carbons (Fsp3) is 0.500. The first-order valence-corrected chi connectivity index (χ1v) is 9.35. The molecule has 1 saturated heterocycles. The number of nitrogens with zero attached hydrogens (tertiary/aromatic N) is 4. The molecule has 1 saturated carbocycles. The first-order valence-electron chi connectivity index (χ1n) is 9.35. The van der Waals surface area contributed by atoms with E-state index in [0.717, 1.165) is 25.7 Å². The molecule has 0 bridgehead atoms. The zero-order valence-electron chi connectivity index (χ0n) is 14.9. The molecule has 0 amide bonds. The Balaban J connectivity index is 1.28. The Kier molecular flexibility index (Phi) is 4.95. The van der Waals surface area contributed by atoms with Gasteiger partial charge in [0, 0.05) is 62.8 Å². The van der Waals surface area contributed by atoms with Crippen molar-refractivity contribution in [1.82, 2.24) is 19.8 Å². The number of hydrogen-bond acceptors (Lipinski definition) is 5. The van der Waals surface area contributed by atoms with Gasteiger partial charge in [-0.2, -0.15) is 0 Å². The molecule has 1 aliphatic carbocycles. The molecule has 5 heteroatoms. The molecule has 1 atom stereocenters. The predicted octanol–water partition coefficient (Wildman–Crippen LogP) is 2.76. The standard InChI is InChI=1S/C20H27N5/c1-16-14-25(19-7-8-19)10-9-24(16)15-18-12-22-20(23-13-18)21-11-17-5-3-2-4-6-17/h2-6,12-13,16,19H,7-11,14-15H2,1H3,(H,21,22,23). The second kappa shape index (κ2) is 7.50. The summed E-state index contributed by atoms with van der Waals surface area (Å²) >= 11 is 0. The van der Waals surface area contributed by atoms with Gasteiger partial charge in [-0.05, 0) is 25.3 Å². The van der Waals surface area contributed by atoms with Crippen molar-refractivity contribution in [3.8, 4) is 0 Å². The smallest absolute Gasteiger partial charge is 0.222 e. The van der Waals surface area contributed by atoms with Crippen molar-refractivity contribution < 1.29 is 0 Å². The summed E-state index contributed by atoms with van der Waals surface area (Å²) in [4.78, 5) is 14.2. The van der Waals surface area contributed by atoms with E-state index >= 15 is 0 Å². The first kappa shape index (κ1) is 16.5. The van der Waals surface area contributed by atoms with Crippen LogP contribution in [0.5, 0.6) is 0 Å². The van der Waals surface area contributed by atoms with Gasteiger partial charge in [0.2, 0.25) is 5.95 Å². The van der Waals surface area contributed by atoms with Gasteiger partial charge in [-0.3, -0.25) is 9.80 Å². The van der Waals surface area contributed by atoms with E-state index in [2.05, 4.69) is 44.1 Å². The zero-order valence-corrected chi connectivity index (χ0v) is 14.9. The molecule has 0 radical (unpaired) electrons. The van der Waals surface area contributed by atoms with Crippen LogP contribution < -0.4 is 5.32 Å². The maximum Gasteiger partial charge on any atom is 0.222 e. The molecule has 2 fully saturated rings. The Bertz CT molecular complexity index is 668. The minimum Gasteiger partial charge on any atom is -0.350 e. The molecule has 1 aromatic heterocycles. The first-order chi connectivity index (χ1) is 12.3. The summed E-state index contributed by atoms with van der Waals surface area (Å²) in [5.74, 6) is 0.694. The van der Waals surface area contributed by atoms with Gasteiger partial charge in [-0.15, -0.1) is 0 Å². The van der Waals surface area contributed by atoms with Crippen molar-refractivity contribution in [2.75, 3.05) is 25.0 Å². The van der Waals surface area contributed by atoms with Crippen LogP contribution in [0.3, 0.4) is 0 Å². The lowest BCUT2D eigenvalue weighted by molar-refractivity contribution is 0.0728. The second-order valence-corrected chi connectivity index (χ2v) is 7.30. The molecule has 0 spiro atoms. The van der Waals surface area contributed by atoms with E-state index in [9.17, 15) is 0 Å². The van der Waals surface area contributed by atoms with Crippen LogP contribution in [0.25, 0.3) is 0 Å². The normalized spacial score (nSPS) is 22.0. The number of hydrogen-bond donors (Lipinski definition) is 1. The SMILES string of the molecule is CC1CN(C2CC2)CCN1Cc1cnc(NCc2ccccc2)nc1. The molecule has 132 valence electrons. The quantitative estimate of drug-likeness (QED) is 0.878. The summed E-state index contributed by atoms with van der Waals surface area (Å²) < 4.78 is 0. The third-order valence-electron chi connectivity index (χ3n) is 5.24. The van der Waals surface area contributed by atoms with Crippen LogP contribution in [0.4, 0.5) is 5.95 Å². The second-order valence-electron chi connectivity index (χ2n) is 7.30. The fourth-order valence-electron chi connectivity index (χ4n) is 3.57. The van der Waals surface area contributed by atoms with E-state index in [4.69, 9.17) is 0 Å². The van der Waals surface area contributed by atoms with Crippen molar-refractivity contribution in [3.05, 3.63) is 53.9 Å². The molecule has 1 aromatic carbocycles. The molecule has 25 heavy (non-hydrogen) atoms. The summed E-state index contributed by atoms with van der Waals surface area (Å²) in [6.45, 7) is 7.57. The van der Waals surface area contributed by atoms with E-state index in [1.165, 1.54) is 37.1 Å². The van der Waals surface area contributed by atoms with Gasteiger partial charge in [0.15, 0.2) is 0 Å². The van der Waals surface area contributed by atoms with Crippen LogP contribution in [0.1, 0.15) is 30.9 Å². The molecule has 1 aliphatic heterocycles. The Morgan fingerprint density at radius 3 is 2.48 bits per heavy atom. The summed E-state index contributed by atoms with van der Waals surface area (Å²) in [5, 5.41) is 3.28. The van der Waals surface area contributed by atoms with Crippen LogP contribution in [0.15, 0.2) is 42.7 Å². The predicted molar refractivity (Wildman–Crippen MR) is 100 cm³/mol. The van der Waals surface area contributed by atoms with Crippen LogP contribution >= 0.6 is 0 Å². The highest BCUT2D eigenvalue weighted by molar-refractivity contribution is 5.27.